The van der Waals surface area contributed by atoms with Gasteiger partial charge in [-0.15, -0.1) is 0 Å². The Morgan fingerprint density at radius 2 is 1.48 bits per heavy atom. The van der Waals surface area contributed by atoms with E-state index in [9.17, 15) is 9.90 Å². The number of carboxylic acid groups (broad SMARTS) is 1. The Balaban J connectivity index is 0.000000308. The molecule has 2 rings (SSSR count). The highest BCUT2D eigenvalue weighted by Gasteiger charge is 2.06. The molecule has 0 bridgehead atoms. The van der Waals surface area contributed by atoms with Crippen LogP contribution in [0.15, 0.2) is 66.3 Å². The quantitative estimate of drug-likeness (QED) is 0.493. The van der Waals surface area contributed by atoms with Crippen molar-refractivity contribution in [1.82, 2.24) is 0 Å². The molecule has 0 saturated heterocycles. The first kappa shape index (κ1) is 24.4. The van der Waals surface area contributed by atoms with Crippen LogP contribution in [0, 0.1) is 13.8 Å². The molecule has 0 radical (unpaired) electrons. The van der Waals surface area contributed by atoms with E-state index >= 15 is 0 Å². The molecule has 3 heteroatoms. The number of allylic oxidation sites excluding steroid dienone is 1. The van der Waals surface area contributed by atoms with Crippen LogP contribution >= 0.6 is 0 Å². The van der Waals surface area contributed by atoms with Gasteiger partial charge in [0, 0.05) is 6.42 Å². The lowest BCUT2D eigenvalue weighted by molar-refractivity contribution is -0.136. The summed E-state index contributed by atoms with van der Waals surface area (Å²) >= 11 is 0. The van der Waals surface area contributed by atoms with Crippen molar-refractivity contribution >= 4 is 12.0 Å². The highest BCUT2D eigenvalue weighted by Crippen LogP contribution is 2.19. The zero-order valence-corrected chi connectivity index (χ0v) is 18.1. The smallest absolute Gasteiger partial charge is 0.303 e. The molecule has 3 nitrogen and oxygen atoms in total. The standard InChI is InChI=1S/C15H20O2.C11H14O/c1-3-4-13(9-10-15(16)17)11-14-7-5-12(2)6-8-14;1-8(2)11(12)10-6-4-9(3)5-7-10/h5-8,11H,3-4,9-10H2,1-2H3,(H,16,17);4-7,11-12H,1H2,2-3H3. The molecule has 0 heterocycles. The van der Waals surface area contributed by atoms with Gasteiger partial charge in [0.25, 0.3) is 0 Å². The molecule has 2 N–H and O–H groups in total. The van der Waals surface area contributed by atoms with Gasteiger partial charge in [0.1, 0.15) is 0 Å². The number of carbonyl (C=O) groups is 1. The van der Waals surface area contributed by atoms with Gasteiger partial charge in [0.05, 0.1) is 6.10 Å². The van der Waals surface area contributed by atoms with E-state index in [0.717, 1.165) is 29.5 Å². The Kier molecular flexibility index (Phi) is 10.7. The summed E-state index contributed by atoms with van der Waals surface area (Å²) in [5.74, 6) is -0.726. The number of rotatable bonds is 8. The summed E-state index contributed by atoms with van der Waals surface area (Å²) in [7, 11) is 0. The lowest BCUT2D eigenvalue weighted by Gasteiger charge is -2.09. The third-order valence-electron chi connectivity index (χ3n) is 4.54. The molecule has 0 aliphatic heterocycles. The van der Waals surface area contributed by atoms with E-state index in [2.05, 4.69) is 50.8 Å². The number of hydrogen-bond acceptors (Lipinski definition) is 2. The Hall–Kier alpha value is -2.65. The third-order valence-corrected chi connectivity index (χ3v) is 4.54. The van der Waals surface area contributed by atoms with Crippen molar-refractivity contribution in [2.45, 2.75) is 59.5 Å². The average Bonchev–Trinajstić information content (AvgIpc) is 2.68. The number of benzene rings is 2. The number of aliphatic carboxylic acids is 1. The lowest BCUT2D eigenvalue weighted by atomic mass is 10.0. The van der Waals surface area contributed by atoms with Gasteiger partial charge in [0.2, 0.25) is 0 Å². The van der Waals surface area contributed by atoms with Crippen LogP contribution in [0.2, 0.25) is 0 Å². The number of aryl methyl sites for hydroxylation is 2. The Morgan fingerprint density at radius 3 is 1.93 bits per heavy atom. The van der Waals surface area contributed by atoms with Crippen molar-refractivity contribution in [3.8, 4) is 0 Å². The van der Waals surface area contributed by atoms with Gasteiger partial charge in [-0.2, -0.15) is 0 Å². The fourth-order valence-electron chi connectivity index (χ4n) is 2.79. The van der Waals surface area contributed by atoms with E-state index in [1.165, 1.54) is 16.7 Å². The van der Waals surface area contributed by atoms with Crippen LogP contribution in [0.3, 0.4) is 0 Å². The summed E-state index contributed by atoms with van der Waals surface area (Å²) < 4.78 is 0. The van der Waals surface area contributed by atoms with Gasteiger partial charge in [-0.1, -0.05) is 91.2 Å². The first-order chi connectivity index (χ1) is 13.7. The minimum absolute atomic E-state index is 0.220. The van der Waals surface area contributed by atoms with Crippen molar-refractivity contribution in [1.29, 1.82) is 0 Å². The maximum atomic E-state index is 10.6. The minimum atomic E-state index is -0.726. The predicted molar refractivity (Wildman–Crippen MR) is 122 cm³/mol. The molecule has 0 amide bonds. The van der Waals surface area contributed by atoms with E-state index in [-0.39, 0.29) is 6.42 Å². The fraction of sp³-hybridized carbons (Fsp3) is 0.346. The van der Waals surface area contributed by atoms with Gasteiger partial charge in [-0.05, 0) is 50.3 Å². The molecule has 2 aromatic carbocycles. The lowest BCUT2D eigenvalue weighted by Crippen LogP contribution is -1.97. The highest BCUT2D eigenvalue weighted by molar-refractivity contribution is 5.67. The highest BCUT2D eigenvalue weighted by atomic mass is 16.4. The van der Waals surface area contributed by atoms with Gasteiger partial charge >= 0.3 is 5.97 Å². The predicted octanol–water partition coefficient (Wildman–Crippen LogP) is 6.65. The fourth-order valence-corrected chi connectivity index (χ4v) is 2.79. The Labute approximate surface area is 175 Å². The van der Waals surface area contributed by atoms with Crippen LogP contribution in [0.25, 0.3) is 6.08 Å². The van der Waals surface area contributed by atoms with Gasteiger partial charge in [-0.3, -0.25) is 4.79 Å². The largest absolute Gasteiger partial charge is 0.481 e. The molecule has 0 saturated carbocycles. The van der Waals surface area contributed by atoms with Crippen LogP contribution < -0.4 is 0 Å². The second kappa shape index (κ2) is 12.7. The Morgan fingerprint density at radius 1 is 0.966 bits per heavy atom. The monoisotopic (exact) mass is 394 g/mol. The zero-order chi connectivity index (χ0) is 21.8. The van der Waals surface area contributed by atoms with E-state index in [1.807, 2.05) is 38.1 Å². The molecular formula is C26H34O3. The number of aliphatic hydroxyl groups is 1. The molecule has 1 unspecified atom stereocenters. The summed E-state index contributed by atoms with van der Waals surface area (Å²) in [6, 6.07) is 16.1. The van der Waals surface area contributed by atoms with Crippen molar-refractivity contribution in [2.75, 3.05) is 0 Å². The molecule has 1 atom stereocenters. The molecule has 0 fully saturated rings. The van der Waals surface area contributed by atoms with Gasteiger partial charge in [-0.25, -0.2) is 0 Å². The van der Waals surface area contributed by atoms with Crippen LogP contribution in [0.1, 0.15) is 67.9 Å². The maximum Gasteiger partial charge on any atom is 0.303 e. The topological polar surface area (TPSA) is 57.5 Å². The minimum Gasteiger partial charge on any atom is -0.481 e. The normalized spacial score (nSPS) is 12.0. The van der Waals surface area contributed by atoms with Gasteiger partial charge in [0.15, 0.2) is 0 Å². The Bertz CT molecular complexity index is 799. The van der Waals surface area contributed by atoms with Crippen molar-refractivity contribution in [3.63, 3.8) is 0 Å². The summed E-state index contributed by atoms with van der Waals surface area (Å²) in [4.78, 5) is 10.6. The maximum absolute atomic E-state index is 10.6. The molecule has 0 aliphatic rings. The second-order valence-electron chi connectivity index (χ2n) is 7.52. The van der Waals surface area contributed by atoms with Crippen LogP contribution in [-0.4, -0.2) is 16.2 Å². The van der Waals surface area contributed by atoms with Crippen LogP contribution in [-0.2, 0) is 4.79 Å². The molecule has 0 aliphatic carbocycles. The number of aliphatic hydroxyl groups excluding tert-OH is 1. The third kappa shape index (κ3) is 9.91. The molecule has 0 spiro atoms. The second-order valence-corrected chi connectivity index (χ2v) is 7.52. The number of carboxylic acids is 1. The van der Waals surface area contributed by atoms with Crippen molar-refractivity contribution in [2.24, 2.45) is 0 Å². The van der Waals surface area contributed by atoms with E-state index < -0.39 is 12.1 Å². The molecule has 2 aromatic rings. The summed E-state index contributed by atoms with van der Waals surface area (Å²) in [5, 5.41) is 18.3. The molecule has 0 aromatic heterocycles. The number of hydrogen-bond donors (Lipinski definition) is 2. The summed E-state index contributed by atoms with van der Waals surface area (Å²) in [5.41, 5.74) is 6.51. The van der Waals surface area contributed by atoms with Crippen LogP contribution in [0.4, 0.5) is 0 Å². The van der Waals surface area contributed by atoms with Crippen molar-refractivity contribution in [3.05, 3.63) is 88.5 Å². The molecule has 156 valence electrons. The van der Waals surface area contributed by atoms with E-state index in [0.29, 0.717) is 6.42 Å². The SMILES string of the molecule is C=C(C)C(O)c1ccc(C)cc1.CCCC(=Cc1ccc(C)cc1)CCC(=O)O. The van der Waals surface area contributed by atoms with Crippen LogP contribution in [0.5, 0.6) is 0 Å². The average molecular weight is 395 g/mol. The van der Waals surface area contributed by atoms with Crippen molar-refractivity contribution < 1.29 is 15.0 Å². The zero-order valence-electron chi connectivity index (χ0n) is 18.1. The van der Waals surface area contributed by atoms with E-state index in [1.54, 1.807) is 0 Å². The first-order valence-corrected chi connectivity index (χ1v) is 10.1. The molecule has 29 heavy (non-hydrogen) atoms. The van der Waals surface area contributed by atoms with Gasteiger partial charge < -0.3 is 10.2 Å². The summed E-state index contributed by atoms with van der Waals surface area (Å²) in [6.45, 7) is 11.7. The molecular weight excluding hydrogens is 360 g/mol. The van der Waals surface area contributed by atoms with E-state index in [4.69, 9.17) is 5.11 Å². The summed E-state index contributed by atoms with van der Waals surface area (Å²) in [6.07, 6.45) is 4.49. The first-order valence-electron chi connectivity index (χ1n) is 10.1.